The highest BCUT2D eigenvalue weighted by Gasteiger charge is 2.33. The van der Waals surface area contributed by atoms with Crippen LogP contribution in [0, 0.1) is 5.92 Å². The smallest absolute Gasteiger partial charge is 0.224 e. The number of amides is 1. The van der Waals surface area contributed by atoms with Crippen LogP contribution >= 0.6 is 0 Å². The predicted molar refractivity (Wildman–Crippen MR) is 57.9 cm³/mol. The van der Waals surface area contributed by atoms with Gasteiger partial charge < -0.3 is 11.1 Å². The van der Waals surface area contributed by atoms with Crippen LogP contribution < -0.4 is 11.1 Å². The van der Waals surface area contributed by atoms with Crippen LogP contribution in [0.3, 0.4) is 0 Å². The van der Waals surface area contributed by atoms with Gasteiger partial charge in [0, 0.05) is 12.6 Å². The van der Waals surface area contributed by atoms with Crippen LogP contribution in [0.1, 0.15) is 45.4 Å². The summed E-state index contributed by atoms with van der Waals surface area (Å²) in [6, 6.07) is 0.116. The maximum Gasteiger partial charge on any atom is 0.224 e. The Kier molecular flexibility index (Phi) is 4.94. The van der Waals surface area contributed by atoms with Gasteiger partial charge in [-0.05, 0) is 19.3 Å². The molecular weight excluding hydrogens is 176 g/mol. The molecular formula is C11H22N2O. The molecule has 0 aromatic heterocycles. The van der Waals surface area contributed by atoms with Gasteiger partial charge in [0.1, 0.15) is 0 Å². The second-order valence-electron chi connectivity index (χ2n) is 4.20. The maximum atomic E-state index is 11.5. The van der Waals surface area contributed by atoms with Crippen LogP contribution in [0.5, 0.6) is 0 Å². The van der Waals surface area contributed by atoms with Crippen molar-refractivity contribution in [1.29, 1.82) is 0 Å². The van der Waals surface area contributed by atoms with E-state index in [0.29, 0.717) is 0 Å². The lowest BCUT2D eigenvalue weighted by atomic mass is 9.79. The predicted octanol–water partition coefficient (Wildman–Crippen LogP) is 1.42. The summed E-state index contributed by atoms with van der Waals surface area (Å²) in [5.41, 5.74) is 5.71. The van der Waals surface area contributed by atoms with Crippen molar-refractivity contribution in [1.82, 2.24) is 5.32 Å². The van der Waals surface area contributed by atoms with E-state index in [1.165, 1.54) is 19.3 Å². The van der Waals surface area contributed by atoms with Crippen LogP contribution in [0.4, 0.5) is 0 Å². The van der Waals surface area contributed by atoms with Crippen molar-refractivity contribution in [3.63, 3.8) is 0 Å². The lowest BCUT2D eigenvalue weighted by Crippen LogP contribution is -2.48. The van der Waals surface area contributed by atoms with Crippen LogP contribution in [0.25, 0.3) is 0 Å². The normalized spacial score (nSPS) is 25.6. The van der Waals surface area contributed by atoms with Crippen LogP contribution in [-0.4, -0.2) is 18.5 Å². The Labute approximate surface area is 86.4 Å². The minimum absolute atomic E-state index is 0.0983. The molecule has 0 heterocycles. The van der Waals surface area contributed by atoms with E-state index in [9.17, 15) is 4.79 Å². The average molecular weight is 198 g/mol. The Balaban J connectivity index is 1.98. The average Bonchev–Trinajstić information content (AvgIpc) is 2.15. The second kappa shape index (κ2) is 6.02. The van der Waals surface area contributed by atoms with E-state index in [-0.39, 0.29) is 17.9 Å². The summed E-state index contributed by atoms with van der Waals surface area (Å²) in [5.74, 6) is 0.265. The number of hydrogen-bond donors (Lipinski definition) is 2. The molecule has 0 aromatic carbocycles. The molecule has 0 spiro atoms. The van der Waals surface area contributed by atoms with Gasteiger partial charge in [0.25, 0.3) is 0 Å². The zero-order valence-electron chi connectivity index (χ0n) is 9.09. The van der Waals surface area contributed by atoms with E-state index >= 15 is 0 Å². The molecule has 3 N–H and O–H groups in total. The number of unbranched alkanes of at least 4 members (excludes halogenated alkanes) is 3. The van der Waals surface area contributed by atoms with Gasteiger partial charge in [-0.15, -0.1) is 0 Å². The summed E-state index contributed by atoms with van der Waals surface area (Å²) in [7, 11) is 0. The Morgan fingerprint density at radius 2 is 2.14 bits per heavy atom. The molecule has 0 aliphatic heterocycles. The molecule has 2 atom stereocenters. The Hall–Kier alpha value is -0.570. The Morgan fingerprint density at radius 3 is 2.64 bits per heavy atom. The summed E-state index contributed by atoms with van der Waals surface area (Å²) in [6.45, 7) is 3.01. The van der Waals surface area contributed by atoms with Crippen molar-refractivity contribution in [3.8, 4) is 0 Å². The SMILES string of the molecule is CCCCCCNC(=O)[C@@H]1CC[C@@H]1N. The molecule has 0 bridgehead atoms. The Morgan fingerprint density at radius 1 is 1.36 bits per heavy atom. The summed E-state index contributed by atoms with van der Waals surface area (Å²) >= 11 is 0. The van der Waals surface area contributed by atoms with E-state index < -0.39 is 0 Å². The topological polar surface area (TPSA) is 55.1 Å². The first-order valence-electron chi connectivity index (χ1n) is 5.79. The first-order chi connectivity index (χ1) is 6.75. The fourth-order valence-corrected chi connectivity index (χ4v) is 1.75. The third kappa shape index (κ3) is 3.29. The van der Waals surface area contributed by atoms with Crippen LogP contribution in [0.15, 0.2) is 0 Å². The van der Waals surface area contributed by atoms with Gasteiger partial charge in [-0.25, -0.2) is 0 Å². The molecule has 3 heteroatoms. The van der Waals surface area contributed by atoms with Gasteiger partial charge >= 0.3 is 0 Å². The molecule has 0 aromatic rings. The zero-order chi connectivity index (χ0) is 10.4. The van der Waals surface area contributed by atoms with E-state index in [4.69, 9.17) is 5.73 Å². The van der Waals surface area contributed by atoms with Gasteiger partial charge in [-0.2, -0.15) is 0 Å². The number of nitrogens with one attached hydrogen (secondary N) is 1. The summed E-state index contributed by atoms with van der Waals surface area (Å²) < 4.78 is 0. The monoisotopic (exact) mass is 198 g/mol. The molecule has 0 saturated heterocycles. The summed E-state index contributed by atoms with van der Waals surface area (Å²) in [5, 5.41) is 2.95. The number of hydrogen-bond acceptors (Lipinski definition) is 2. The van der Waals surface area contributed by atoms with Crippen molar-refractivity contribution >= 4 is 5.91 Å². The molecule has 3 nitrogen and oxygen atoms in total. The van der Waals surface area contributed by atoms with Crippen molar-refractivity contribution in [2.24, 2.45) is 11.7 Å². The fourth-order valence-electron chi connectivity index (χ4n) is 1.75. The molecule has 0 unspecified atom stereocenters. The third-order valence-corrected chi connectivity index (χ3v) is 2.99. The number of rotatable bonds is 6. The lowest BCUT2D eigenvalue weighted by Gasteiger charge is -2.32. The molecule has 1 amide bonds. The van der Waals surface area contributed by atoms with Crippen LogP contribution in [-0.2, 0) is 4.79 Å². The number of carbonyl (C=O) groups is 1. The minimum atomic E-state index is 0.0983. The standard InChI is InChI=1S/C11H22N2O/c1-2-3-4-5-8-13-11(14)9-6-7-10(9)12/h9-10H,2-8,12H2,1H3,(H,13,14)/t9-,10+/m1/s1. The quantitative estimate of drug-likeness (QED) is 0.634. The highest BCUT2D eigenvalue weighted by atomic mass is 16.1. The van der Waals surface area contributed by atoms with Crippen LogP contribution in [0.2, 0.25) is 0 Å². The molecule has 1 rings (SSSR count). The molecule has 82 valence electrons. The highest BCUT2D eigenvalue weighted by Crippen LogP contribution is 2.25. The highest BCUT2D eigenvalue weighted by molar-refractivity contribution is 5.80. The molecule has 1 aliphatic carbocycles. The Bertz CT molecular complexity index is 182. The fraction of sp³-hybridized carbons (Fsp3) is 0.909. The van der Waals surface area contributed by atoms with E-state index in [1.807, 2.05) is 0 Å². The van der Waals surface area contributed by atoms with Gasteiger partial charge in [-0.3, -0.25) is 4.79 Å². The zero-order valence-corrected chi connectivity index (χ0v) is 9.09. The molecule has 1 fully saturated rings. The van der Waals surface area contributed by atoms with E-state index in [1.54, 1.807) is 0 Å². The van der Waals surface area contributed by atoms with Crippen molar-refractivity contribution in [3.05, 3.63) is 0 Å². The number of carbonyl (C=O) groups excluding carboxylic acids is 1. The second-order valence-corrected chi connectivity index (χ2v) is 4.20. The van der Waals surface area contributed by atoms with Gasteiger partial charge in [0.05, 0.1) is 5.92 Å². The molecule has 1 saturated carbocycles. The third-order valence-electron chi connectivity index (χ3n) is 2.99. The van der Waals surface area contributed by atoms with Crippen molar-refractivity contribution in [2.45, 2.75) is 51.5 Å². The largest absolute Gasteiger partial charge is 0.356 e. The molecule has 14 heavy (non-hydrogen) atoms. The molecule has 1 aliphatic rings. The van der Waals surface area contributed by atoms with Gasteiger partial charge in [0.2, 0.25) is 5.91 Å². The number of nitrogens with two attached hydrogens (primary N) is 1. The summed E-state index contributed by atoms with van der Waals surface area (Å²) in [4.78, 5) is 11.5. The molecule has 0 radical (unpaired) electrons. The van der Waals surface area contributed by atoms with Crippen molar-refractivity contribution < 1.29 is 4.79 Å². The minimum Gasteiger partial charge on any atom is -0.356 e. The summed E-state index contributed by atoms with van der Waals surface area (Å²) in [6.07, 6.45) is 6.80. The van der Waals surface area contributed by atoms with Gasteiger partial charge in [0.15, 0.2) is 0 Å². The first-order valence-corrected chi connectivity index (χ1v) is 5.79. The van der Waals surface area contributed by atoms with Gasteiger partial charge in [-0.1, -0.05) is 26.2 Å². The first kappa shape index (κ1) is 11.5. The van der Waals surface area contributed by atoms with E-state index in [2.05, 4.69) is 12.2 Å². The lowest BCUT2D eigenvalue weighted by molar-refractivity contribution is -0.128. The van der Waals surface area contributed by atoms with E-state index in [0.717, 1.165) is 25.8 Å². The van der Waals surface area contributed by atoms with Crippen molar-refractivity contribution in [2.75, 3.05) is 6.54 Å². The maximum absolute atomic E-state index is 11.5.